The predicted octanol–water partition coefficient (Wildman–Crippen LogP) is 9.34. The van der Waals surface area contributed by atoms with Crippen molar-refractivity contribution in [2.45, 2.75) is 0 Å². The van der Waals surface area contributed by atoms with E-state index in [0.29, 0.717) is 5.02 Å². The molecule has 156 valence electrons. The summed E-state index contributed by atoms with van der Waals surface area (Å²) in [6.07, 6.45) is 0. The number of rotatable bonds is 2. The Balaban J connectivity index is 1.50. The van der Waals surface area contributed by atoms with E-state index in [1.807, 2.05) is 59.9 Å². The van der Waals surface area contributed by atoms with E-state index in [2.05, 4.69) is 48.5 Å². The SMILES string of the molecule is Clc1cc(-c2ccccc2)nc(-c2ccc3oc4ccc5sc6ccccc6c5c4c3c2)c1. The van der Waals surface area contributed by atoms with E-state index in [9.17, 15) is 0 Å². The first-order valence-corrected chi connectivity index (χ1v) is 11.9. The van der Waals surface area contributed by atoms with Gasteiger partial charge in [0.2, 0.25) is 0 Å². The fourth-order valence-corrected chi connectivity index (χ4v) is 5.96. The minimum atomic E-state index is 0.669. The van der Waals surface area contributed by atoms with Crippen molar-refractivity contribution in [1.29, 1.82) is 0 Å². The Morgan fingerprint density at radius 3 is 2.24 bits per heavy atom. The quantitative estimate of drug-likeness (QED) is 0.256. The van der Waals surface area contributed by atoms with Gasteiger partial charge in [-0.2, -0.15) is 0 Å². The van der Waals surface area contributed by atoms with Crippen LogP contribution in [0.4, 0.5) is 0 Å². The van der Waals surface area contributed by atoms with E-state index in [1.54, 1.807) is 0 Å². The molecule has 0 unspecified atom stereocenters. The number of furan rings is 1. The molecule has 0 saturated carbocycles. The molecule has 0 spiro atoms. The van der Waals surface area contributed by atoms with Gasteiger partial charge in [-0.3, -0.25) is 0 Å². The molecule has 2 nitrogen and oxygen atoms in total. The van der Waals surface area contributed by atoms with Crippen molar-refractivity contribution >= 4 is 65.0 Å². The molecule has 0 atom stereocenters. The summed E-state index contributed by atoms with van der Waals surface area (Å²) in [5, 5.41) is 5.45. The summed E-state index contributed by atoms with van der Waals surface area (Å²) in [6, 6.07) is 33.0. The van der Waals surface area contributed by atoms with Crippen LogP contribution >= 0.6 is 22.9 Å². The van der Waals surface area contributed by atoms with Crippen LogP contribution in [0, 0.1) is 0 Å². The lowest BCUT2D eigenvalue weighted by molar-refractivity contribution is 0.669. The molecule has 33 heavy (non-hydrogen) atoms. The maximum absolute atomic E-state index is 6.51. The second-order valence-electron chi connectivity index (χ2n) is 8.14. The number of aromatic nitrogens is 1. The van der Waals surface area contributed by atoms with Crippen molar-refractivity contribution in [3.05, 3.63) is 102 Å². The third-order valence-corrected chi connectivity index (χ3v) is 7.48. The fourth-order valence-electron chi connectivity index (χ4n) is 4.64. The number of hydrogen-bond acceptors (Lipinski definition) is 3. The predicted molar refractivity (Wildman–Crippen MR) is 140 cm³/mol. The molecule has 0 aliphatic carbocycles. The molecule has 3 aromatic heterocycles. The van der Waals surface area contributed by atoms with Gasteiger partial charge in [-0.1, -0.05) is 60.1 Å². The van der Waals surface area contributed by atoms with Gasteiger partial charge in [0.1, 0.15) is 11.2 Å². The molecule has 0 fully saturated rings. The van der Waals surface area contributed by atoms with Gasteiger partial charge in [0, 0.05) is 47.1 Å². The Kier molecular flexibility index (Phi) is 4.10. The number of pyridine rings is 1. The molecule has 0 N–H and O–H groups in total. The number of halogens is 1. The minimum absolute atomic E-state index is 0.669. The van der Waals surface area contributed by atoms with E-state index in [4.69, 9.17) is 21.0 Å². The van der Waals surface area contributed by atoms with E-state index in [1.165, 1.54) is 20.2 Å². The number of benzene rings is 4. The highest BCUT2D eigenvalue weighted by Crippen LogP contribution is 2.43. The van der Waals surface area contributed by atoms with Crippen molar-refractivity contribution in [1.82, 2.24) is 4.98 Å². The Morgan fingerprint density at radius 2 is 1.36 bits per heavy atom. The third-order valence-electron chi connectivity index (χ3n) is 6.13. The molecule has 0 aliphatic rings. The molecule has 7 aromatic rings. The summed E-state index contributed by atoms with van der Waals surface area (Å²) in [6.45, 7) is 0. The summed E-state index contributed by atoms with van der Waals surface area (Å²) in [7, 11) is 0. The molecule has 0 aliphatic heterocycles. The van der Waals surface area contributed by atoms with Crippen LogP contribution in [0.15, 0.2) is 101 Å². The lowest BCUT2D eigenvalue weighted by Crippen LogP contribution is -1.88. The van der Waals surface area contributed by atoms with Gasteiger partial charge in [0.15, 0.2) is 0 Å². The highest BCUT2D eigenvalue weighted by molar-refractivity contribution is 7.26. The van der Waals surface area contributed by atoms with Gasteiger partial charge >= 0.3 is 0 Å². The molecular formula is C29H16ClNOS. The molecule has 4 aromatic carbocycles. The Labute approximate surface area is 198 Å². The van der Waals surface area contributed by atoms with Gasteiger partial charge < -0.3 is 4.42 Å². The first-order valence-electron chi connectivity index (χ1n) is 10.7. The van der Waals surface area contributed by atoms with Crippen molar-refractivity contribution in [2.75, 3.05) is 0 Å². The summed E-state index contributed by atoms with van der Waals surface area (Å²) in [5.41, 5.74) is 5.55. The Hall–Kier alpha value is -3.66. The first kappa shape index (κ1) is 18.9. The van der Waals surface area contributed by atoms with Crippen LogP contribution in [-0.4, -0.2) is 4.98 Å². The number of thiophene rings is 1. The summed E-state index contributed by atoms with van der Waals surface area (Å²) >= 11 is 8.33. The third kappa shape index (κ3) is 2.97. The highest BCUT2D eigenvalue weighted by atomic mass is 35.5. The molecular weight excluding hydrogens is 446 g/mol. The number of nitrogens with zero attached hydrogens (tertiary/aromatic N) is 1. The summed E-state index contributed by atoms with van der Waals surface area (Å²) in [5.74, 6) is 0. The smallest absolute Gasteiger partial charge is 0.136 e. The summed E-state index contributed by atoms with van der Waals surface area (Å²) < 4.78 is 8.80. The maximum atomic E-state index is 6.51. The van der Waals surface area contributed by atoms with Gasteiger partial charge in [-0.15, -0.1) is 11.3 Å². The average molecular weight is 462 g/mol. The monoisotopic (exact) mass is 461 g/mol. The van der Waals surface area contributed by atoms with E-state index in [-0.39, 0.29) is 0 Å². The average Bonchev–Trinajstić information content (AvgIpc) is 3.41. The van der Waals surface area contributed by atoms with Crippen molar-refractivity contribution in [3.63, 3.8) is 0 Å². The van der Waals surface area contributed by atoms with Crippen LogP contribution in [0.25, 0.3) is 64.6 Å². The van der Waals surface area contributed by atoms with Crippen LogP contribution in [-0.2, 0) is 0 Å². The van der Waals surface area contributed by atoms with Crippen molar-refractivity contribution in [3.8, 4) is 22.5 Å². The normalized spacial score (nSPS) is 11.8. The van der Waals surface area contributed by atoms with Crippen LogP contribution in [0.2, 0.25) is 5.02 Å². The molecule has 3 heterocycles. The van der Waals surface area contributed by atoms with Gasteiger partial charge in [0.25, 0.3) is 0 Å². The lowest BCUT2D eigenvalue weighted by atomic mass is 10.0. The summed E-state index contributed by atoms with van der Waals surface area (Å²) in [4.78, 5) is 4.93. The first-order chi connectivity index (χ1) is 16.2. The Morgan fingerprint density at radius 1 is 0.606 bits per heavy atom. The maximum Gasteiger partial charge on any atom is 0.136 e. The standard InChI is InChI=1S/C29H16ClNOS/c30-19-15-22(17-6-2-1-3-7-17)31-23(16-19)18-10-11-24-21(14-18)28-25(32-24)12-13-27-29(28)20-8-4-5-9-26(20)33-27/h1-16H. The van der Waals surface area contributed by atoms with Crippen LogP contribution < -0.4 is 0 Å². The largest absolute Gasteiger partial charge is 0.456 e. The zero-order valence-corrected chi connectivity index (χ0v) is 19.0. The van der Waals surface area contributed by atoms with Crippen LogP contribution in [0.5, 0.6) is 0 Å². The Bertz CT molecular complexity index is 1830. The van der Waals surface area contributed by atoms with Gasteiger partial charge in [-0.25, -0.2) is 4.98 Å². The fraction of sp³-hybridized carbons (Fsp3) is 0. The zero-order chi connectivity index (χ0) is 21.9. The highest BCUT2D eigenvalue weighted by Gasteiger charge is 2.16. The molecule has 0 radical (unpaired) electrons. The molecule has 0 saturated heterocycles. The molecule has 0 amide bonds. The topological polar surface area (TPSA) is 26.0 Å². The van der Waals surface area contributed by atoms with E-state index in [0.717, 1.165) is 44.5 Å². The molecule has 4 heteroatoms. The van der Waals surface area contributed by atoms with Crippen molar-refractivity contribution in [2.24, 2.45) is 0 Å². The zero-order valence-electron chi connectivity index (χ0n) is 17.4. The molecule has 7 rings (SSSR count). The second kappa shape index (κ2) is 7.17. The van der Waals surface area contributed by atoms with E-state index >= 15 is 0 Å². The van der Waals surface area contributed by atoms with Gasteiger partial charge in [-0.05, 0) is 48.5 Å². The van der Waals surface area contributed by atoms with Crippen LogP contribution in [0.3, 0.4) is 0 Å². The van der Waals surface area contributed by atoms with E-state index < -0.39 is 0 Å². The lowest BCUT2D eigenvalue weighted by Gasteiger charge is -2.07. The van der Waals surface area contributed by atoms with Crippen LogP contribution in [0.1, 0.15) is 0 Å². The number of hydrogen-bond donors (Lipinski definition) is 0. The number of fused-ring (bicyclic) bond motifs is 7. The van der Waals surface area contributed by atoms with Crippen molar-refractivity contribution < 1.29 is 4.42 Å². The van der Waals surface area contributed by atoms with Gasteiger partial charge in [0.05, 0.1) is 11.4 Å². The second-order valence-corrected chi connectivity index (χ2v) is 9.67. The minimum Gasteiger partial charge on any atom is -0.456 e. The molecule has 0 bridgehead atoms.